The number of benzene rings is 10. The van der Waals surface area contributed by atoms with Gasteiger partial charge in [-0.2, -0.15) is 0 Å². The third-order valence-electron chi connectivity index (χ3n) is 21.3. The maximum absolute atomic E-state index is 14.7. The van der Waals surface area contributed by atoms with Gasteiger partial charge in [-0.3, -0.25) is 58.0 Å². The van der Waals surface area contributed by atoms with Crippen molar-refractivity contribution in [2.24, 2.45) is 0 Å². The first-order chi connectivity index (χ1) is 44.9. The quantitative estimate of drug-likeness (QED) is 0.0195. The molecule has 0 unspecified atom stereocenters. The van der Waals surface area contributed by atoms with Crippen molar-refractivity contribution in [3.05, 3.63) is 142 Å². The Kier molecular flexibility index (Phi) is 16.6. The Hall–Kier alpha value is -8.64. The fraction of sp³-hybridized carbons (Fsp3) is 0.400. The van der Waals surface area contributed by atoms with Crippen LogP contribution in [0, 0.1) is 0 Å². The summed E-state index contributed by atoms with van der Waals surface area (Å²) in [6.07, 6.45) is 22.7. The average Bonchev–Trinajstić information content (AvgIpc) is 0.701. The predicted octanol–water partition coefficient (Wildman–Crippen LogP) is 19.1. The Morgan fingerprint density at radius 1 is 0.228 bits per heavy atom. The molecule has 12 heteroatoms. The molecule has 0 aliphatic carbocycles. The van der Waals surface area contributed by atoms with Crippen LogP contribution in [-0.2, 0) is 0 Å². The molecule has 10 aromatic carbocycles. The summed E-state index contributed by atoms with van der Waals surface area (Å²) < 4.78 is 0. The Bertz CT molecular complexity index is 4150. The van der Waals surface area contributed by atoms with E-state index in [0.29, 0.717) is 91.7 Å². The molecule has 0 spiro atoms. The molecule has 0 saturated heterocycles. The molecule has 8 amide bonds. The maximum Gasteiger partial charge on any atom is 0.261 e. The summed E-state index contributed by atoms with van der Waals surface area (Å²) in [5.41, 5.74) is 3.97. The molecule has 14 rings (SSSR count). The number of imide groups is 4. The summed E-state index contributed by atoms with van der Waals surface area (Å²) >= 11 is 0. The number of amides is 8. The lowest BCUT2D eigenvalue weighted by molar-refractivity contribution is 0.0501. The highest BCUT2D eigenvalue weighted by atomic mass is 16.2. The van der Waals surface area contributed by atoms with Crippen molar-refractivity contribution in [1.82, 2.24) is 19.6 Å². The van der Waals surface area contributed by atoms with Gasteiger partial charge in [-0.05, 0) is 152 Å². The molecule has 470 valence electrons. The molecule has 0 N–H and O–H groups in total. The molecule has 4 aliphatic rings. The van der Waals surface area contributed by atoms with Crippen molar-refractivity contribution < 1.29 is 38.4 Å². The third kappa shape index (κ3) is 9.73. The highest BCUT2D eigenvalue weighted by Gasteiger charge is 2.42. The molecule has 12 nitrogen and oxygen atoms in total. The Morgan fingerprint density at radius 2 is 0.424 bits per heavy atom. The van der Waals surface area contributed by atoms with Crippen molar-refractivity contribution in [3.8, 4) is 0 Å². The van der Waals surface area contributed by atoms with Gasteiger partial charge >= 0.3 is 0 Å². The summed E-state index contributed by atoms with van der Waals surface area (Å²) in [7, 11) is 0. The number of hydrogen-bond donors (Lipinski definition) is 0. The maximum atomic E-state index is 14.7. The van der Waals surface area contributed by atoms with Crippen LogP contribution in [0.4, 0.5) is 0 Å². The second kappa shape index (κ2) is 25.1. The average molecular weight is 1230 g/mol. The fourth-order valence-corrected chi connectivity index (χ4v) is 16.7. The van der Waals surface area contributed by atoms with E-state index in [9.17, 15) is 38.4 Å². The lowest BCUT2D eigenvalue weighted by atomic mass is 9.82. The summed E-state index contributed by atoms with van der Waals surface area (Å²) in [5, 5.41) is 12.8. The van der Waals surface area contributed by atoms with Crippen LogP contribution in [0.3, 0.4) is 0 Å². The smallest absolute Gasteiger partial charge is 0.261 e. The topological polar surface area (TPSA) is 150 Å². The summed E-state index contributed by atoms with van der Waals surface area (Å²) in [6.45, 7) is 9.16. The second-order valence-corrected chi connectivity index (χ2v) is 26.9. The minimum atomic E-state index is -0.355. The van der Waals surface area contributed by atoms with E-state index in [1.165, 1.54) is 9.80 Å². The Labute approximate surface area is 537 Å². The summed E-state index contributed by atoms with van der Waals surface area (Å²) in [6, 6.07) is 30.1. The monoisotopic (exact) mass is 1230 g/mol. The van der Waals surface area contributed by atoms with Gasteiger partial charge in [-0.25, -0.2) is 0 Å². The van der Waals surface area contributed by atoms with Crippen LogP contribution in [0.1, 0.15) is 265 Å². The number of unbranched alkanes of at least 4 members (excludes halogenated alkanes) is 15. The molecule has 0 fully saturated rings. The molecular formula is C80H82N4O8. The molecular weight excluding hydrogens is 1140 g/mol. The minimum Gasteiger partial charge on any atom is -0.274 e. The zero-order valence-electron chi connectivity index (χ0n) is 53.8. The molecule has 4 aliphatic heterocycles. The number of rotatable bonds is 29. The summed E-state index contributed by atoms with van der Waals surface area (Å²) in [5.74, 6) is -2.36. The first-order valence-electron chi connectivity index (χ1n) is 34.8. The molecule has 0 saturated carbocycles. The van der Waals surface area contributed by atoms with Gasteiger partial charge in [-0.15, -0.1) is 0 Å². The van der Waals surface area contributed by atoms with E-state index in [2.05, 4.69) is 27.7 Å². The highest BCUT2D eigenvalue weighted by molar-refractivity contribution is 6.43. The van der Waals surface area contributed by atoms with E-state index >= 15 is 0 Å². The standard InChI is InChI=1S/C80H82N4O8/c1-5-9-13-19-25-47(26-20-14-10-6-2)83-77(89)61-41-33-53-49-29-37-57-69-58(38-30-50(65(49)69)54-34-42-62(78(83)90)71(61)67(53)54)74(86)81(73(57)85)45-23-17-18-24-46-82-75(87)59-39-31-51-55-35-43-63-72-64(44-36-56(68(55)72)52-32-40-60(76(82)88)70(59)66(51)52)80(92)84(79(63)91)48(27-21-15-11-7-3)28-22-16-12-8-4/h29-44,47-48H,5-28,45-46H2,1-4H3. The van der Waals surface area contributed by atoms with E-state index in [0.717, 1.165) is 193 Å². The zero-order valence-corrected chi connectivity index (χ0v) is 53.8. The number of nitrogens with zero attached hydrogens (tertiary/aromatic N) is 4. The van der Waals surface area contributed by atoms with Gasteiger partial charge in [0.25, 0.3) is 47.3 Å². The third-order valence-corrected chi connectivity index (χ3v) is 21.3. The second-order valence-electron chi connectivity index (χ2n) is 26.9. The van der Waals surface area contributed by atoms with Gasteiger partial charge < -0.3 is 0 Å². The molecule has 10 aromatic rings. The molecule has 92 heavy (non-hydrogen) atoms. The van der Waals surface area contributed by atoms with Gasteiger partial charge in [0.2, 0.25) is 0 Å². The number of hydrogen-bond acceptors (Lipinski definition) is 8. The van der Waals surface area contributed by atoms with E-state index in [1.807, 2.05) is 97.1 Å². The molecule has 0 atom stereocenters. The first kappa shape index (κ1) is 60.9. The van der Waals surface area contributed by atoms with E-state index in [4.69, 9.17) is 0 Å². The van der Waals surface area contributed by atoms with Crippen LogP contribution in [0.25, 0.3) is 86.2 Å². The van der Waals surface area contributed by atoms with Gasteiger partial charge in [0, 0.05) is 91.2 Å². The van der Waals surface area contributed by atoms with Gasteiger partial charge in [0.15, 0.2) is 0 Å². The van der Waals surface area contributed by atoms with Gasteiger partial charge in [0.1, 0.15) is 0 Å². The molecule has 0 aromatic heterocycles. The van der Waals surface area contributed by atoms with E-state index in [1.54, 1.807) is 9.80 Å². The van der Waals surface area contributed by atoms with Crippen LogP contribution in [0.15, 0.2) is 97.1 Å². The number of carbonyl (C=O) groups is 8. The van der Waals surface area contributed by atoms with Crippen LogP contribution >= 0.6 is 0 Å². The van der Waals surface area contributed by atoms with Crippen molar-refractivity contribution >= 4 is 133 Å². The van der Waals surface area contributed by atoms with Crippen LogP contribution in [-0.4, -0.2) is 92.0 Å². The van der Waals surface area contributed by atoms with E-state index in [-0.39, 0.29) is 72.4 Å². The van der Waals surface area contributed by atoms with Gasteiger partial charge in [-0.1, -0.05) is 192 Å². The lowest BCUT2D eigenvalue weighted by Gasteiger charge is -2.35. The van der Waals surface area contributed by atoms with Crippen LogP contribution in [0.2, 0.25) is 0 Å². The molecule has 4 heterocycles. The molecule has 0 bridgehead atoms. The fourth-order valence-electron chi connectivity index (χ4n) is 16.7. The number of carbonyl (C=O) groups excluding carboxylic acids is 8. The van der Waals surface area contributed by atoms with Crippen molar-refractivity contribution in [3.63, 3.8) is 0 Å². The highest BCUT2D eigenvalue weighted by Crippen LogP contribution is 2.49. The normalized spacial score (nSPS) is 15.1. The summed E-state index contributed by atoms with van der Waals surface area (Å²) in [4.78, 5) is 123. The number of fused-ring (bicyclic) bond motifs is 4. The van der Waals surface area contributed by atoms with Crippen molar-refractivity contribution in [2.75, 3.05) is 13.1 Å². The van der Waals surface area contributed by atoms with E-state index < -0.39 is 0 Å². The van der Waals surface area contributed by atoms with Gasteiger partial charge in [0.05, 0.1) is 0 Å². The predicted molar refractivity (Wildman–Crippen MR) is 368 cm³/mol. The van der Waals surface area contributed by atoms with Crippen molar-refractivity contribution in [1.29, 1.82) is 0 Å². The Balaban J connectivity index is 0.662. The lowest BCUT2D eigenvalue weighted by Crippen LogP contribution is -2.47. The largest absolute Gasteiger partial charge is 0.274 e. The zero-order chi connectivity index (χ0) is 63.6. The molecule has 0 radical (unpaired) electrons. The minimum absolute atomic E-state index is 0.164. The van der Waals surface area contributed by atoms with Crippen LogP contribution < -0.4 is 0 Å². The van der Waals surface area contributed by atoms with Crippen LogP contribution in [0.5, 0.6) is 0 Å². The first-order valence-corrected chi connectivity index (χ1v) is 34.8. The van der Waals surface area contributed by atoms with Crippen molar-refractivity contribution in [2.45, 2.75) is 194 Å². The SMILES string of the molecule is CCCCCCC(CCCCCC)N1C(=O)c2ccc3c4ccc5c6c(ccc(c7ccc(c2c37)C1=O)c64)C(=O)N(CCCCCCN1C(=O)c2ccc3c4ccc6c7c(ccc(c8ccc(c2c38)C1=O)c74)C(=O)N(C(CCCCCC)CCCCCC)C6=O)C5=O. The Morgan fingerprint density at radius 3 is 0.630 bits per heavy atom.